The van der Waals surface area contributed by atoms with Crippen LogP contribution in [0.2, 0.25) is 0 Å². The Labute approximate surface area is 145 Å². The molecule has 0 fully saturated rings. The van der Waals surface area contributed by atoms with Crippen molar-refractivity contribution in [3.05, 3.63) is 0 Å². The smallest absolute Gasteiger partial charge is 0.245 e. The second kappa shape index (κ2) is 9.61. The molecule has 7 heteroatoms. The molecule has 0 rings (SSSR count). The van der Waals surface area contributed by atoms with E-state index in [2.05, 4.69) is 5.32 Å². The molecule has 2 N–H and O–H groups in total. The third-order valence-corrected chi connectivity index (χ3v) is 3.83. The average molecular weight is 343 g/mol. The van der Waals surface area contributed by atoms with E-state index in [0.717, 1.165) is 6.42 Å². The molecule has 0 saturated carbocycles. The molecule has 0 radical (unpaired) electrons. The van der Waals surface area contributed by atoms with Crippen LogP contribution in [0.1, 0.15) is 47.5 Å². The van der Waals surface area contributed by atoms with Crippen molar-refractivity contribution < 1.29 is 19.6 Å². The minimum atomic E-state index is -0.676. The van der Waals surface area contributed by atoms with Gasteiger partial charge in [0.15, 0.2) is 0 Å². The molecule has 0 aromatic carbocycles. The van der Waals surface area contributed by atoms with Gasteiger partial charge in [-0.3, -0.25) is 19.6 Å². The van der Waals surface area contributed by atoms with Gasteiger partial charge < -0.3 is 10.2 Å². The molecule has 7 nitrogen and oxygen atoms in total. The van der Waals surface area contributed by atoms with E-state index >= 15 is 0 Å². The molecule has 3 amide bonds. The average Bonchev–Trinajstić information content (AvgIpc) is 2.46. The third-order valence-electron chi connectivity index (χ3n) is 3.83. The summed E-state index contributed by atoms with van der Waals surface area (Å²) in [5.74, 6) is -0.686. The zero-order valence-corrected chi connectivity index (χ0v) is 16.0. The van der Waals surface area contributed by atoms with Gasteiger partial charge in [0.2, 0.25) is 18.2 Å². The Kier molecular flexibility index (Phi) is 8.96. The molecule has 24 heavy (non-hydrogen) atoms. The quantitative estimate of drug-likeness (QED) is 0.377. The monoisotopic (exact) mass is 343 g/mol. The zero-order valence-electron chi connectivity index (χ0n) is 16.0. The minimum absolute atomic E-state index is 0.0882. The predicted molar refractivity (Wildman–Crippen MR) is 92.2 cm³/mol. The minimum Gasteiger partial charge on any atom is -0.347 e. The summed E-state index contributed by atoms with van der Waals surface area (Å²) < 4.78 is 0. The van der Waals surface area contributed by atoms with Gasteiger partial charge in [0, 0.05) is 14.1 Å². The number of hydrogen-bond donors (Lipinski definition) is 2. The molecule has 0 aromatic rings. The first-order valence-electron chi connectivity index (χ1n) is 8.32. The van der Waals surface area contributed by atoms with Gasteiger partial charge >= 0.3 is 0 Å². The summed E-state index contributed by atoms with van der Waals surface area (Å²) in [7, 11) is 3.29. The Balaban J connectivity index is 5.21. The molecular formula is C17H33N3O4. The van der Waals surface area contributed by atoms with E-state index in [4.69, 9.17) is 0 Å². The summed E-state index contributed by atoms with van der Waals surface area (Å²) in [4.78, 5) is 37.2. The van der Waals surface area contributed by atoms with E-state index in [0.29, 0.717) is 17.4 Å². The lowest BCUT2D eigenvalue weighted by atomic mass is 9.85. The highest BCUT2D eigenvalue weighted by atomic mass is 16.5. The Morgan fingerprint density at radius 2 is 1.71 bits per heavy atom. The molecule has 0 bridgehead atoms. The summed E-state index contributed by atoms with van der Waals surface area (Å²) in [5, 5.41) is 12.7. The van der Waals surface area contributed by atoms with Crippen molar-refractivity contribution in [2.24, 2.45) is 17.3 Å². The Morgan fingerprint density at radius 3 is 2.08 bits per heavy atom. The molecule has 140 valence electrons. The first kappa shape index (κ1) is 22.4. The number of carbonyl (C=O) groups is 3. The van der Waals surface area contributed by atoms with E-state index in [1.165, 1.54) is 4.90 Å². The summed E-state index contributed by atoms with van der Waals surface area (Å²) in [5.41, 5.74) is -0.455. The molecular weight excluding hydrogens is 310 g/mol. The standard InChI is InChI=1S/C17H33N3O4/c1-12(2)8-9-13(10-20(24)11-21)15(22)18-14(17(3,4)5)16(23)19(6)7/h11-14,24H,8-10H2,1-7H3,(H,18,22)/t13-,14-/m1/s1. The van der Waals surface area contributed by atoms with Crippen molar-refractivity contribution in [1.82, 2.24) is 15.3 Å². The van der Waals surface area contributed by atoms with Crippen molar-refractivity contribution in [1.29, 1.82) is 0 Å². The number of carbonyl (C=O) groups excluding carboxylic acids is 3. The van der Waals surface area contributed by atoms with Gasteiger partial charge in [0.05, 0.1) is 12.5 Å². The van der Waals surface area contributed by atoms with Gasteiger partial charge in [-0.05, 0) is 17.8 Å². The van der Waals surface area contributed by atoms with Gasteiger partial charge in [0.25, 0.3) is 0 Å². The van der Waals surface area contributed by atoms with Crippen molar-refractivity contribution in [2.45, 2.75) is 53.5 Å². The van der Waals surface area contributed by atoms with Crippen LogP contribution in [0.3, 0.4) is 0 Å². The van der Waals surface area contributed by atoms with E-state index in [1.54, 1.807) is 14.1 Å². The van der Waals surface area contributed by atoms with Crippen LogP contribution in [-0.2, 0) is 14.4 Å². The fraction of sp³-hybridized carbons (Fsp3) is 0.824. The normalized spacial score (nSPS) is 14.0. The Hall–Kier alpha value is -1.63. The zero-order chi connectivity index (χ0) is 19.1. The number of nitrogens with zero attached hydrogens (tertiary/aromatic N) is 2. The van der Waals surface area contributed by atoms with Crippen LogP contribution >= 0.6 is 0 Å². The van der Waals surface area contributed by atoms with Crippen molar-refractivity contribution in [3.8, 4) is 0 Å². The van der Waals surface area contributed by atoms with E-state index in [-0.39, 0.29) is 24.8 Å². The summed E-state index contributed by atoms with van der Waals surface area (Å²) >= 11 is 0. The number of rotatable bonds is 9. The second-order valence-corrected chi connectivity index (χ2v) is 7.94. The number of amides is 3. The molecule has 0 aliphatic carbocycles. The van der Waals surface area contributed by atoms with Crippen molar-refractivity contribution in [2.75, 3.05) is 20.6 Å². The lowest BCUT2D eigenvalue weighted by molar-refractivity contribution is -0.155. The maximum Gasteiger partial charge on any atom is 0.245 e. The van der Waals surface area contributed by atoms with Gasteiger partial charge in [-0.1, -0.05) is 41.0 Å². The second-order valence-electron chi connectivity index (χ2n) is 7.94. The molecule has 0 aliphatic heterocycles. The first-order valence-corrected chi connectivity index (χ1v) is 8.32. The van der Waals surface area contributed by atoms with E-state index in [9.17, 15) is 19.6 Å². The van der Waals surface area contributed by atoms with Crippen LogP contribution in [0.4, 0.5) is 0 Å². The fourth-order valence-electron chi connectivity index (χ4n) is 2.28. The van der Waals surface area contributed by atoms with Crippen molar-refractivity contribution >= 4 is 18.2 Å². The molecule has 0 saturated heterocycles. The molecule has 0 unspecified atom stereocenters. The lowest BCUT2D eigenvalue weighted by Crippen LogP contribution is -2.55. The maximum absolute atomic E-state index is 12.7. The van der Waals surface area contributed by atoms with Crippen LogP contribution in [0, 0.1) is 17.3 Å². The van der Waals surface area contributed by atoms with Crippen LogP contribution < -0.4 is 5.32 Å². The molecule has 0 spiro atoms. The number of hydrogen-bond acceptors (Lipinski definition) is 4. The van der Waals surface area contributed by atoms with Crippen LogP contribution in [-0.4, -0.2) is 60.1 Å². The van der Waals surface area contributed by atoms with Crippen LogP contribution in [0.5, 0.6) is 0 Å². The van der Waals surface area contributed by atoms with Gasteiger partial charge in [0.1, 0.15) is 6.04 Å². The number of nitrogens with one attached hydrogen (secondary N) is 1. The Bertz CT molecular complexity index is 430. The predicted octanol–water partition coefficient (Wildman–Crippen LogP) is 1.51. The van der Waals surface area contributed by atoms with E-state index < -0.39 is 17.4 Å². The van der Waals surface area contributed by atoms with Crippen molar-refractivity contribution in [3.63, 3.8) is 0 Å². The molecule has 0 aliphatic rings. The van der Waals surface area contributed by atoms with Gasteiger partial charge in [-0.15, -0.1) is 0 Å². The first-order chi connectivity index (χ1) is 10.9. The maximum atomic E-state index is 12.7. The fourth-order valence-corrected chi connectivity index (χ4v) is 2.28. The summed E-state index contributed by atoms with van der Waals surface area (Å²) in [6.07, 6.45) is 1.59. The number of likely N-dealkylation sites (N-methyl/N-ethyl adjacent to an activating group) is 1. The topological polar surface area (TPSA) is 90.0 Å². The molecule has 0 aromatic heterocycles. The molecule has 2 atom stereocenters. The van der Waals surface area contributed by atoms with Crippen LogP contribution in [0.25, 0.3) is 0 Å². The largest absolute Gasteiger partial charge is 0.347 e. The third kappa shape index (κ3) is 7.77. The summed E-state index contributed by atoms with van der Waals surface area (Å²) in [6, 6.07) is -0.676. The van der Waals surface area contributed by atoms with E-state index in [1.807, 2.05) is 34.6 Å². The van der Waals surface area contributed by atoms with Crippen LogP contribution in [0.15, 0.2) is 0 Å². The lowest BCUT2D eigenvalue weighted by Gasteiger charge is -2.33. The highest BCUT2D eigenvalue weighted by molar-refractivity contribution is 5.89. The number of hydroxylamine groups is 2. The highest BCUT2D eigenvalue weighted by Crippen LogP contribution is 2.22. The van der Waals surface area contributed by atoms with Gasteiger partial charge in [-0.25, -0.2) is 5.06 Å². The molecule has 0 heterocycles. The Morgan fingerprint density at radius 1 is 1.17 bits per heavy atom. The summed E-state index contributed by atoms with van der Waals surface area (Å²) in [6.45, 7) is 9.64. The highest BCUT2D eigenvalue weighted by Gasteiger charge is 2.35. The van der Waals surface area contributed by atoms with Gasteiger partial charge in [-0.2, -0.15) is 0 Å². The SMILES string of the molecule is CC(C)CC[C@H](CN(O)C=O)C(=O)N[C@H](C(=O)N(C)C)C(C)(C)C.